The van der Waals surface area contributed by atoms with Crippen LogP contribution in [0.25, 0.3) is 0 Å². The van der Waals surface area contributed by atoms with Gasteiger partial charge in [0.25, 0.3) is 0 Å². The molecule has 2 heterocycles. The lowest BCUT2D eigenvalue weighted by Crippen LogP contribution is -2.42. The first kappa shape index (κ1) is 17.2. The number of nitrogens with zero attached hydrogens (tertiary/aromatic N) is 1. The summed E-state index contributed by atoms with van der Waals surface area (Å²) in [5.74, 6) is 0.909. The van der Waals surface area contributed by atoms with Gasteiger partial charge in [-0.3, -0.25) is 4.98 Å². The molecule has 6 heteroatoms. The van der Waals surface area contributed by atoms with Gasteiger partial charge in [0.1, 0.15) is 5.75 Å². The summed E-state index contributed by atoms with van der Waals surface area (Å²) in [4.78, 5) is 16.4. The number of anilines is 1. The van der Waals surface area contributed by atoms with Crippen LogP contribution >= 0.6 is 0 Å². The average molecular weight is 341 g/mol. The maximum absolute atomic E-state index is 12.4. The fourth-order valence-corrected chi connectivity index (χ4v) is 2.96. The van der Waals surface area contributed by atoms with Crippen LogP contribution in [-0.2, 0) is 11.2 Å². The number of urea groups is 1. The monoisotopic (exact) mass is 341 g/mol. The number of nitrogens with one attached hydrogen (secondary N) is 2. The van der Waals surface area contributed by atoms with Crippen LogP contribution in [0.5, 0.6) is 5.75 Å². The smallest absolute Gasteiger partial charge is 0.319 e. The van der Waals surface area contributed by atoms with E-state index in [0.29, 0.717) is 31.3 Å². The minimum atomic E-state index is -0.248. The van der Waals surface area contributed by atoms with Crippen molar-refractivity contribution in [2.75, 3.05) is 25.1 Å². The Morgan fingerprint density at radius 3 is 2.84 bits per heavy atom. The van der Waals surface area contributed by atoms with E-state index in [1.54, 1.807) is 12.4 Å². The number of benzene rings is 1. The number of carbonyl (C=O) groups excluding carboxylic acids is 1. The normalized spacial score (nSPS) is 19.4. The lowest BCUT2D eigenvalue weighted by atomic mass is 9.95. The Hall–Kier alpha value is -2.60. The number of ether oxygens (including phenoxy) is 2. The van der Waals surface area contributed by atoms with Crippen molar-refractivity contribution in [1.29, 1.82) is 0 Å². The van der Waals surface area contributed by atoms with Gasteiger partial charge in [0.15, 0.2) is 0 Å². The summed E-state index contributed by atoms with van der Waals surface area (Å²) in [6.07, 6.45) is 4.42. The summed E-state index contributed by atoms with van der Waals surface area (Å²) in [5.41, 5.74) is 1.85. The molecule has 0 saturated carbocycles. The number of aromatic nitrogens is 1. The van der Waals surface area contributed by atoms with Crippen LogP contribution in [-0.4, -0.2) is 36.9 Å². The predicted molar refractivity (Wildman–Crippen MR) is 95.8 cm³/mol. The first-order valence-corrected chi connectivity index (χ1v) is 8.52. The van der Waals surface area contributed by atoms with Gasteiger partial charge in [-0.05, 0) is 43.2 Å². The molecule has 2 amide bonds. The van der Waals surface area contributed by atoms with Crippen LogP contribution in [0.3, 0.4) is 0 Å². The van der Waals surface area contributed by atoms with Gasteiger partial charge >= 0.3 is 6.03 Å². The first-order chi connectivity index (χ1) is 12.3. The highest BCUT2D eigenvalue weighted by Gasteiger charge is 2.29. The highest BCUT2D eigenvalue weighted by atomic mass is 16.5. The highest BCUT2D eigenvalue weighted by molar-refractivity contribution is 5.91. The molecule has 1 aliphatic rings. The summed E-state index contributed by atoms with van der Waals surface area (Å²) in [6.45, 7) is 3.63. The zero-order valence-electron chi connectivity index (χ0n) is 14.3. The molecule has 2 aromatic rings. The van der Waals surface area contributed by atoms with E-state index >= 15 is 0 Å². The fraction of sp³-hybridized carbons (Fsp3) is 0.368. The van der Waals surface area contributed by atoms with E-state index < -0.39 is 0 Å². The number of pyridine rings is 1. The molecule has 1 aliphatic heterocycles. The maximum atomic E-state index is 12.4. The minimum absolute atomic E-state index is 0.0209. The van der Waals surface area contributed by atoms with E-state index in [2.05, 4.69) is 15.6 Å². The molecule has 6 nitrogen and oxygen atoms in total. The lowest BCUT2D eigenvalue weighted by Gasteiger charge is -2.20. The Bertz CT molecular complexity index is 693. The number of amides is 2. The van der Waals surface area contributed by atoms with Crippen molar-refractivity contribution in [3.8, 4) is 5.75 Å². The molecule has 0 bridgehead atoms. The van der Waals surface area contributed by atoms with Crippen molar-refractivity contribution < 1.29 is 14.3 Å². The fourth-order valence-electron chi connectivity index (χ4n) is 2.96. The predicted octanol–water partition coefficient (Wildman–Crippen LogP) is 2.86. The second kappa shape index (κ2) is 8.48. The summed E-state index contributed by atoms with van der Waals surface area (Å²) in [7, 11) is 0. The van der Waals surface area contributed by atoms with Gasteiger partial charge < -0.3 is 20.1 Å². The molecular formula is C19H23N3O3. The van der Waals surface area contributed by atoms with Crippen LogP contribution in [0.15, 0.2) is 48.8 Å². The standard InChI is InChI=1S/C19H23N3O3/c1-2-25-18-6-4-3-5-16(18)21-19(23)22-17-13-24-12-15(17)11-14-7-9-20-10-8-14/h3-10,15,17H,2,11-13H2,1H3,(H2,21,22,23)/t15-,17-/m1/s1. The quantitative estimate of drug-likeness (QED) is 0.847. The van der Waals surface area contributed by atoms with Gasteiger partial charge in [0.2, 0.25) is 0 Å². The summed E-state index contributed by atoms with van der Waals surface area (Å²) in [6, 6.07) is 11.1. The molecule has 1 aromatic carbocycles. The Morgan fingerprint density at radius 1 is 1.24 bits per heavy atom. The van der Waals surface area contributed by atoms with Crippen LogP contribution in [0, 0.1) is 5.92 Å². The number of hydrogen-bond donors (Lipinski definition) is 2. The third-order valence-electron chi connectivity index (χ3n) is 4.20. The molecule has 0 aliphatic carbocycles. The number of para-hydroxylation sites is 2. The van der Waals surface area contributed by atoms with Crippen LogP contribution in [0.2, 0.25) is 0 Å². The zero-order valence-corrected chi connectivity index (χ0v) is 14.3. The first-order valence-electron chi connectivity index (χ1n) is 8.52. The van der Waals surface area contributed by atoms with E-state index in [9.17, 15) is 4.79 Å². The number of rotatable bonds is 6. The molecule has 2 atom stereocenters. The van der Waals surface area contributed by atoms with Crippen molar-refractivity contribution >= 4 is 11.7 Å². The molecule has 0 unspecified atom stereocenters. The topological polar surface area (TPSA) is 72.5 Å². The maximum Gasteiger partial charge on any atom is 0.319 e. The van der Waals surface area contributed by atoms with E-state index in [1.807, 2.05) is 43.3 Å². The van der Waals surface area contributed by atoms with Crippen LogP contribution in [0.1, 0.15) is 12.5 Å². The molecule has 1 fully saturated rings. The number of carbonyl (C=O) groups is 1. The number of hydrogen-bond acceptors (Lipinski definition) is 4. The van der Waals surface area contributed by atoms with Crippen LogP contribution < -0.4 is 15.4 Å². The van der Waals surface area contributed by atoms with Crippen molar-refractivity contribution in [1.82, 2.24) is 10.3 Å². The van der Waals surface area contributed by atoms with Crippen LogP contribution in [0.4, 0.5) is 10.5 Å². The van der Waals surface area contributed by atoms with Crippen molar-refractivity contribution in [3.63, 3.8) is 0 Å². The average Bonchev–Trinajstić information content (AvgIpc) is 3.04. The third-order valence-corrected chi connectivity index (χ3v) is 4.20. The highest BCUT2D eigenvalue weighted by Crippen LogP contribution is 2.24. The molecule has 25 heavy (non-hydrogen) atoms. The van der Waals surface area contributed by atoms with Gasteiger partial charge in [-0.2, -0.15) is 0 Å². The van der Waals surface area contributed by atoms with E-state index in [4.69, 9.17) is 9.47 Å². The van der Waals surface area contributed by atoms with Gasteiger partial charge in [-0.1, -0.05) is 12.1 Å². The molecular weight excluding hydrogens is 318 g/mol. The Kier molecular flexibility index (Phi) is 5.85. The van der Waals surface area contributed by atoms with E-state index in [0.717, 1.165) is 6.42 Å². The van der Waals surface area contributed by atoms with E-state index in [1.165, 1.54) is 5.56 Å². The summed E-state index contributed by atoms with van der Waals surface area (Å²) >= 11 is 0. The summed E-state index contributed by atoms with van der Waals surface area (Å²) < 4.78 is 11.1. The molecule has 1 aromatic heterocycles. The van der Waals surface area contributed by atoms with E-state index in [-0.39, 0.29) is 18.0 Å². The van der Waals surface area contributed by atoms with Crippen molar-refractivity contribution in [3.05, 3.63) is 54.4 Å². The minimum Gasteiger partial charge on any atom is -0.492 e. The van der Waals surface area contributed by atoms with Gasteiger partial charge in [0, 0.05) is 18.3 Å². The molecule has 0 radical (unpaired) electrons. The van der Waals surface area contributed by atoms with Crippen molar-refractivity contribution in [2.45, 2.75) is 19.4 Å². The zero-order chi connectivity index (χ0) is 17.5. The van der Waals surface area contributed by atoms with Gasteiger partial charge in [-0.25, -0.2) is 4.79 Å². The second-order valence-corrected chi connectivity index (χ2v) is 5.99. The molecule has 3 rings (SSSR count). The Balaban J connectivity index is 1.58. The Labute approximate surface area is 147 Å². The summed E-state index contributed by atoms with van der Waals surface area (Å²) in [5, 5.41) is 5.89. The molecule has 132 valence electrons. The Morgan fingerprint density at radius 2 is 2.04 bits per heavy atom. The van der Waals surface area contributed by atoms with Crippen molar-refractivity contribution in [2.24, 2.45) is 5.92 Å². The molecule has 2 N–H and O–H groups in total. The third kappa shape index (κ3) is 4.70. The van der Waals surface area contributed by atoms with Gasteiger partial charge in [0.05, 0.1) is 31.5 Å². The lowest BCUT2D eigenvalue weighted by molar-refractivity contribution is 0.182. The SMILES string of the molecule is CCOc1ccccc1NC(=O)N[C@@H]1COC[C@H]1Cc1ccncc1. The van der Waals surface area contributed by atoms with Gasteiger partial charge in [-0.15, -0.1) is 0 Å². The largest absolute Gasteiger partial charge is 0.492 e. The molecule has 1 saturated heterocycles. The molecule has 0 spiro atoms. The second-order valence-electron chi connectivity index (χ2n) is 5.99.